The van der Waals surface area contributed by atoms with Crippen LogP contribution in [0.3, 0.4) is 0 Å². The molecule has 0 fully saturated rings. The number of methoxy groups -OCH3 is 2. The van der Waals surface area contributed by atoms with Crippen LogP contribution in [0.2, 0.25) is 13.1 Å². The molecule has 4 nitrogen and oxygen atoms in total. The number of rotatable bonds is 12. The highest BCUT2D eigenvalue weighted by Gasteiger charge is 2.29. The molecule has 0 saturated heterocycles. The zero-order chi connectivity index (χ0) is 17.1. The average molecular weight is 341 g/mol. The molecule has 0 N–H and O–H groups in total. The van der Waals surface area contributed by atoms with Crippen molar-refractivity contribution in [2.75, 3.05) is 20.8 Å². The van der Waals surface area contributed by atoms with Gasteiger partial charge in [-0.25, -0.2) is 0 Å². The van der Waals surface area contributed by atoms with E-state index in [0.29, 0.717) is 17.2 Å². The van der Waals surface area contributed by atoms with E-state index in [-0.39, 0.29) is 0 Å². The minimum atomic E-state index is -2.27. The van der Waals surface area contributed by atoms with Crippen LogP contribution in [0.15, 0.2) is 18.2 Å². The van der Waals surface area contributed by atoms with E-state index in [1.54, 1.807) is 14.2 Å². The normalized spacial score (nSPS) is 11.3. The first-order valence-electron chi connectivity index (χ1n) is 8.58. The molecule has 0 aromatic heterocycles. The molecule has 0 atom stereocenters. The smallest absolute Gasteiger partial charge is 0.392 e. The van der Waals surface area contributed by atoms with Crippen LogP contribution in [0.5, 0.6) is 17.2 Å². The fraction of sp³-hybridized carbons (Fsp3) is 0.667. The van der Waals surface area contributed by atoms with Crippen molar-refractivity contribution in [3.8, 4) is 17.2 Å². The largest absolute Gasteiger partial charge is 0.515 e. The van der Waals surface area contributed by atoms with Gasteiger partial charge < -0.3 is 18.3 Å². The Balaban J connectivity index is 2.48. The molecule has 0 spiro atoms. The first-order chi connectivity index (χ1) is 11.0. The van der Waals surface area contributed by atoms with Gasteiger partial charge in [-0.3, -0.25) is 0 Å². The van der Waals surface area contributed by atoms with Crippen molar-refractivity contribution >= 4 is 8.56 Å². The molecular weight excluding hydrogens is 308 g/mol. The summed E-state index contributed by atoms with van der Waals surface area (Å²) in [5.74, 6) is 1.98. The first kappa shape index (κ1) is 19.8. The zero-order valence-corrected chi connectivity index (χ0v) is 16.3. The third kappa shape index (κ3) is 7.27. The maximum Gasteiger partial charge on any atom is 0.392 e. The monoisotopic (exact) mass is 340 g/mol. The van der Waals surface area contributed by atoms with Crippen molar-refractivity contribution in [2.45, 2.75) is 58.5 Å². The SMILES string of the molecule is CCCCCCCCO[Si](C)(C)Oc1c(OC)cccc1OC. The molecule has 0 amide bonds. The summed E-state index contributed by atoms with van der Waals surface area (Å²) in [5.41, 5.74) is 0. The summed E-state index contributed by atoms with van der Waals surface area (Å²) in [6.07, 6.45) is 7.55. The number of hydrogen-bond acceptors (Lipinski definition) is 4. The van der Waals surface area contributed by atoms with Gasteiger partial charge in [0.2, 0.25) is 0 Å². The molecule has 0 radical (unpaired) electrons. The minimum Gasteiger partial charge on any atom is -0.515 e. The number of benzene rings is 1. The predicted octanol–water partition coefficient (Wildman–Crippen LogP) is 5.16. The van der Waals surface area contributed by atoms with Crippen molar-refractivity contribution < 1.29 is 18.3 Å². The lowest BCUT2D eigenvalue weighted by molar-refractivity contribution is 0.234. The number of hydrogen-bond donors (Lipinski definition) is 0. The van der Waals surface area contributed by atoms with Crippen LogP contribution in [0.1, 0.15) is 45.4 Å². The van der Waals surface area contributed by atoms with Crippen LogP contribution in [-0.2, 0) is 4.43 Å². The van der Waals surface area contributed by atoms with Crippen molar-refractivity contribution in [2.24, 2.45) is 0 Å². The third-order valence-corrected chi connectivity index (χ3v) is 5.27. The summed E-state index contributed by atoms with van der Waals surface area (Å²) in [5, 5.41) is 0. The molecule has 0 aliphatic carbocycles. The van der Waals surface area contributed by atoms with Gasteiger partial charge in [-0.2, -0.15) is 0 Å². The summed E-state index contributed by atoms with van der Waals surface area (Å²) >= 11 is 0. The van der Waals surface area contributed by atoms with Gasteiger partial charge in [0.1, 0.15) is 0 Å². The third-order valence-electron chi connectivity index (χ3n) is 3.68. The molecule has 0 aliphatic rings. The predicted molar refractivity (Wildman–Crippen MR) is 97.0 cm³/mol. The Labute approximate surface area is 142 Å². The van der Waals surface area contributed by atoms with Gasteiger partial charge in [-0.1, -0.05) is 45.1 Å². The average Bonchev–Trinajstić information content (AvgIpc) is 2.53. The van der Waals surface area contributed by atoms with Gasteiger partial charge in [0.05, 0.1) is 14.2 Å². The fourth-order valence-corrected chi connectivity index (χ4v) is 3.78. The Bertz CT molecular complexity index is 426. The van der Waals surface area contributed by atoms with Crippen LogP contribution >= 0.6 is 0 Å². The summed E-state index contributed by atoms with van der Waals surface area (Å²) in [6, 6.07) is 5.63. The topological polar surface area (TPSA) is 36.9 Å². The van der Waals surface area contributed by atoms with Gasteiger partial charge in [0.15, 0.2) is 17.2 Å². The van der Waals surface area contributed by atoms with E-state index in [0.717, 1.165) is 13.0 Å². The highest BCUT2D eigenvalue weighted by molar-refractivity contribution is 6.65. The summed E-state index contributed by atoms with van der Waals surface area (Å²) < 4.78 is 23.0. The van der Waals surface area contributed by atoms with E-state index in [4.69, 9.17) is 18.3 Å². The van der Waals surface area contributed by atoms with E-state index >= 15 is 0 Å². The second kappa shape index (κ2) is 10.5. The fourth-order valence-electron chi connectivity index (χ4n) is 2.39. The number of ether oxygens (including phenoxy) is 2. The van der Waals surface area contributed by atoms with Gasteiger partial charge >= 0.3 is 8.56 Å². The standard InChI is InChI=1S/C18H32O4Si/c1-6-7-8-9-10-11-15-21-23(4,5)22-18-16(19-2)13-12-14-17(18)20-3/h12-14H,6-11,15H2,1-5H3. The lowest BCUT2D eigenvalue weighted by Gasteiger charge is -2.26. The van der Waals surface area contributed by atoms with Gasteiger partial charge in [-0.15, -0.1) is 0 Å². The number of unbranched alkanes of at least 4 members (excludes halogenated alkanes) is 5. The molecule has 0 heterocycles. The maximum absolute atomic E-state index is 6.16. The van der Waals surface area contributed by atoms with Crippen molar-refractivity contribution in [3.05, 3.63) is 18.2 Å². The van der Waals surface area contributed by atoms with Gasteiger partial charge in [-0.05, 0) is 31.6 Å². The molecule has 1 aromatic carbocycles. The highest BCUT2D eigenvalue weighted by Crippen LogP contribution is 2.38. The van der Waals surface area contributed by atoms with Crippen molar-refractivity contribution in [3.63, 3.8) is 0 Å². The van der Waals surface area contributed by atoms with Gasteiger partial charge in [0, 0.05) is 6.61 Å². The highest BCUT2D eigenvalue weighted by atomic mass is 28.4. The lowest BCUT2D eigenvalue weighted by Crippen LogP contribution is -2.38. The second-order valence-corrected chi connectivity index (χ2v) is 9.40. The quantitative estimate of drug-likeness (QED) is 0.389. The van der Waals surface area contributed by atoms with Crippen LogP contribution in [0.25, 0.3) is 0 Å². The summed E-state index contributed by atoms with van der Waals surface area (Å²) in [4.78, 5) is 0. The molecule has 0 unspecified atom stereocenters. The first-order valence-corrected chi connectivity index (χ1v) is 11.4. The Morgan fingerprint density at radius 2 is 1.43 bits per heavy atom. The van der Waals surface area contributed by atoms with E-state index in [1.807, 2.05) is 18.2 Å². The van der Waals surface area contributed by atoms with E-state index in [1.165, 1.54) is 32.1 Å². The molecule has 0 aliphatic heterocycles. The summed E-state index contributed by atoms with van der Waals surface area (Å²) in [6.45, 7) is 7.09. The molecular formula is C18H32O4Si. The molecule has 0 saturated carbocycles. The Morgan fingerprint density at radius 3 is 2.00 bits per heavy atom. The molecule has 1 aromatic rings. The van der Waals surface area contributed by atoms with Gasteiger partial charge in [0.25, 0.3) is 0 Å². The van der Waals surface area contributed by atoms with Crippen LogP contribution in [0.4, 0.5) is 0 Å². The second-order valence-electron chi connectivity index (χ2n) is 6.11. The van der Waals surface area contributed by atoms with Crippen LogP contribution in [-0.4, -0.2) is 29.4 Å². The molecule has 23 heavy (non-hydrogen) atoms. The summed E-state index contributed by atoms with van der Waals surface area (Å²) in [7, 11) is 0.990. The Morgan fingerprint density at radius 1 is 0.870 bits per heavy atom. The van der Waals surface area contributed by atoms with Crippen LogP contribution < -0.4 is 13.9 Å². The Kier molecular flexibility index (Phi) is 9.10. The molecule has 1 rings (SSSR count). The van der Waals surface area contributed by atoms with Crippen LogP contribution in [0, 0.1) is 0 Å². The number of para-hydroxylation sites is 1. The maximum atomic E-state index is 6.16. The molecule has 5 heteroatoms. The van der Waals surface area contributed by atoms with Crippen molar-refractivity contribution in [1.29, 1.82) is 0 Å². The van der Waals surface area contributed by atoms with Crippen molar-refractivity contribution in [1.82, 2.24) is 0 Å². The molecule has 132 valence electrons. The lowest BCUT2D eigenvalue weighted by atomic mass is 10.1. The minimum absolute atomic E-state index is 0.636. The Hall–Kier alpha value is -1.20. The molecule has 0 bridgehead atoms. The van der Waals surface area contributed by atoms with E-state index < -0.39 is 8.56 Å². The van der Waals surface area contributed by atoms with E-state index in [9.17, 15) is 0 Å². The zero-order valence-electron chi connectivity index (χ0n) is 15.3. The van der Waals surface area contributed by atoms with E-state index in [2.05, 4.69) is 20.0 Å².